The Bertz CT molecular complexity index is 2270. The van der Waals surface area contributed by atoms with Gasteiger partial charge in [-0.1, -0.05) is 48.0 Å². The van der Waals surface area contributed by atoms with Crippen molar-refractivity contribution in [2.75, 3.05) is 163 Å². The predicted molar refractivity (Wildman–Crippen MR) is 429 cm³/mol. The summed E-state index contributed by atoms with van der Waals surface area (Å²) in [5, 5.41) is 18.3. The number of nitrogens with one attached hydrogen (secondary N) is 6. The van der Waals surface area contributed by atoms with Gasteiger partial charge in [0, 0.05) is 161 Å². The third kappa shape index (κ3) is 58.9. The first-order valence-corrected chi connectivity index (χ1v) is 41.0. The van der Waals surface area contributed by atoms with Gasteiger partial charge in [-0.15, -0.1) is 24.1 Å². The van der Waals surface area contributed by atoms with Gasteiger partial charge in [0.1, 0.15) is 23.1 Å². The van der Waals surface area contributed by atoms with Crippen molar-refractivity contribution in [1.29, 1.82) is 0 Å². The number of rotatable bonds is 56. The van der Waals surface area contributed by atoms with Gasteiger partial charge in [0.15, 0.2) is 0 Å². The molecule has 3 fully saturated rings. The largest absolute Gasteiger partial charge is 0.379 e. The van der Waals surface area contributed by atoms with Crippen LogP contribution in [0.1, 0.15) is 215 Å². The molecule has 1 saturated heterocycles. The summed E-state index contributed by atoms with van der Waals surface area (Å²) in [6.07, 6.45) is 29.3. The van der Waals surface area contributed by atoms with Crippen LogP contribution in [0.25, 0.3) is 0 Å². The van der Waals surface area contributed by atoms with E-state index in [0.717, 1.165) is 148 Å². The van der Waals surface area contributed by atoms with Crippen LogP contribution in [0.15, 0.2) is 12.2 Å². The van der Waals surface area contributed by atoms with E-state index in [4.69, 9.17) is 36.8 Å². The average Bonchev–Trinajstić information content (AvgIpc) is 1.68. The number of amides is 6. The second-order valence-electron chi connectivity index (χ2n) is 25.5. The van der Waals surface area contributed by atoms with Crippen LogP contribution in [0, 0.1) is 36.0 Å². The van der Waals surface area contributed by atoms with Crippen molar-refractivity contribution in [3.05, 3.63) is 12.2 Å². The molecule has 0 aromatic rings. The fraction of sp³-hybridized carbons (Fsp3) is 0.818. The molecule has 2 saturated carbocycles. The number of terminal acetylenes is 1. The monoisotopic (exact) mass is 1530 g/mol. The van der Waals surface area contributed by atoms with Gasteiger partial charge < -0.3 is 62.3 Å². The summed E-state index contributed by atoms with van der Waals surface area (Å²) < 4.78 is 21.9. The van der Waals surface area contributed by atoms with Crippen LogP contribution in [0.4, 0.5) is 0 Å². The van der Waals surface area contributed by atoms with Crippen molar-refractivity contribution in [3.8, 4) is 12.3 Å². The number of ether oxygens (including phenoxy) is 4. The van der Waals surface area contributed by atoms with E-state index < -0.39 is 5.25 Å². The van der Waals surface area contributed by atoms with E-state index in [1.54, 1.807) is 14.1 Å². The number of likely N-dealkylation sites (tertiary alicyclic amines) is 1. The molecule has 27 heteroatoms. The molecule has 1 atom stereocenters. The summed E-state index contributed by atoms with van der Waals surface area (Å²) in [5.41, 5.74) is 10.9. The molecule has 4 rings (SSSR count). The highest BCUT2D eigenvalue weighted by Crippen LogP contribution is 2.33. The van der Waals surface area contributed by atoms with Gasteiger partial charge in [-0.2, -0.15) is 25.3 Å². The molecule has 0 bridgehead atoms. The number of nitrogens with zero attached hydrogens (tertiary/aromatic N) is 2. The second kappa shape index (κ2) is 75.7. The van der Waals surface area contributed by atoms with E-state index >= 15 is 0 Å². The molecule has 6 amide bonds. The van der Waals surface area contributed by atoms with Gasteiger partial charge in [0.25, 0.3) is 11.8 Å². The van der Waals surface area contributed by atoms with E-state index in [-0.39, 0.29) is 90.2 Å². The number of hydrogen-bond donors (Lipinski definition) is 10. The molecule has 1 unspecified atom stereocenters. The number of Topliss-reactive ketones (excluding diaryl/α,β-unsaturated/α-hetero) is 4. The number of thiol groups is 2. The maximum absolute atomic E-state index is 12.9. The molecule has 0 aromatic heterocycles. The molecule has 2 heterocycles. The SMILES string of the molecule is C.C#CCC.CC.CCS.CNC(=O)C1CCC(CN2C(=O)C=CC2=O)CC1.CNC(=O)C1CCC(CN2C(=O)CC(SCCC(=O)CCCOCCOCCC(=O)CCCNCCCCCNCCN)C2=O)CC1.NCCNCCCCCNCCCC(=O)CCOCCOCCCC(=O)CCS. The lowest BCUT2D eigenvalue weighted by atomic mass is 9.81. The third-order valence-electron chi connectivity index (χ3n) is 17.2. The predicted octanol–water partition coefficient (Wildman–Crippen LogP) is 8.05. The summed E-state index contributed by atoms with van der Waals surface area (Å²) in [6, 6.07) is 0. The Labute approximate surface area is 643 Å². The van der Waals surface area contributed by atoms with Crippen LogP contribution in [0.5, 0.6) is 0 Å². The lowest BCUT2D eigenvalue weighted by Gasteiger charge is -2.29. The number of imide groups is 2. The highest BCUT2D eigenvalue weighted by atomic mass is 32.2. The lowest BCUT2D eigenvalue weighted by molar-refractivity contribution is -0.140. The quantitative estimate of drug-likeness (QED) is 0.0119. The molecule has 604 valence electrons. The standard InChI is InChI=1S/C34H61N5O7S.C21H43N3O4S.C13H18N2O3.C4H6.C2H6S.C2H6.CH4/c1-36-33(43)28-11-9-27(10-12-28)26-39-32(42)25-31(34(39)44)47-24-14-30(41)8-6-20-45-22-23-46-21-13-29(40)7-5-18-37-16-3-2-4-17-38-19-15-35;22-10-14-24-12-3-1-2-11-23-13-4-6-20(25)8-16-28-18-17-27-15-5-7-21(26)9-19-29;1-14-13(18)10-4-2-9(3-5-10)8-15-11(16)6-7-12(15)17;1-3-4-2;1-2-3;1-2;/h27-28,31,37-38H,2-26,35H2,1H3,(H,36,43);23-24,29H,1-19,22H2;6-7,9-10H,2-5,8H2,1H3,(H,14,18);1H,4H2,2H3;3H,2H2,1H3;1-2H3;1H4. The van der Waals surface area contributed by atoms with E-state index in [9.17, 15) is 47.9 Å². The smallest absolute Gasteiger partial charge is 0.253 e. The van der Waals surface area contributed by atoms with E-state index in [2.05, 4.69) is 63.1 Å². The van der Waals surface area contributed by atoms with Crippen molar-refractivity contribution < 1.29 is 66.9 Å². The number of carbonyl (C=O) groups is 10. The fourth-order valence-electron chi connectivity index (χ4n) is 11.3. The molecule has 10 N–H and O–H groups in total. The molecular weight excluding hydrogens is 1390 g/mol. The van der Waals surface area contributed by atoms with Crippen molar-refractivity contribution in [2.45, 2.75) is 220 Å². The molecule has 4 aliphatic rings. The molecule has 0 aromatic carbocycles. The first-order valence-electron chi connectivity index (χ1n) is 38.7. The van der Waals surface area contributed by atoms with Crippen molar-refractivity contribution in [3.63, 3.8) is 0 Å². The minimum atomic E-state index is -0.409. The summed E-state index contributed by atoms with van der Waals surface area (Å²) >= 11 is 9.22. The topological polar surface area (TPSA) is 338 Å². The molecule has 0 spiro atoms. The first kappa shape index (κ1) is 104. The maximum atomic E-state index is 12.9. The number of carbonyl (C=O) groups excluding carboxylic acids is 10. The molecule has 2 aliphatic heterocycles. The Morgan fingerprint density at radius 2 is 0.846 bits per heavy atom. The van der Waals surface area contributed by atoms with Gasteiger partial charge in [-0.25, -0.2) is 0 Å². The lowest BCUT2D eigenvalue weighted by Crippen LogP contribution is -2.38. The Morgan fingerprint density at radius 3 is 1.22 bits per heavy atom. The summed E-state index contributed by atoms with van der Waals surface area (Å²) in [7, 11) is 3.31. The zero-order valence-corrected chi connectivity index (χ0v) is 66.9. The average molecular weight is 1530 g/mol. The zero-order chi connectivity index (χ0) is 76.8. The van der Waals surface area contributed by atoms with Crippen LogP contribution < -0.4 is 43.4 Å². The van der Waals surface area contributed by atoms with Gasteiger partial charge in [0.05, 0.1) is 44.9 Å². The number of ketones is 4. The summed E-state index contributed by atoms with van der Waals surface area (Å²) in [4.78, 5) is 122. The third-order valence-corrected chi connectivity index (χ3v) is 18.6. The summed E-state index contributed by atoms with van der Waals surface area (Å²) in [5.74, 6) is 5.50. The molecule has 0 radical (unpaired) electrons. The van der Waals surface area contributed by atoms with Gasteiger partial charge in [-0.3, -0.25) is 57.7 Å². The molecule has 104 heavy (non-hydrogen) atoms. The number of nitrogens with two attached hydrogens (primary N) is 2. The van der Waals surface area contributed by atoms with Gasteiger partial charge in [-0.05, 0) is 165 Å². The Hall–Kier alpha value is -4.15. The maximum Gasteiger partial charge on any atom is 0.253 e. The Balaban J connectivity index is -0.00000151. The van der Waals surface area contributed by atoms with E-state index in [1.165, 1.54) is 59.4 Å². The minimum Gasteiger partial charge on any atom is -0.379 e. The second-order valence-corrected chi connectivity index (χ2v) is 27.9. The zero-order valence-electron chi connectivity index (χ0n) is 64.2. The van der Waals surface area contributed by atoms with Crippen LogP contribution in [-0.4, -0.2) is 236 Å². The highest BCUT2D eigenvalue weighted by Gasteiger charge is 2.40. The van der Waals surface area contributed by atoms with Crippen molar-refractivity contribution in [1.82, 2.24) is 41.7 Å². The normalized spacial score (nSPS) is 17.3. The highest BCUT2D eigenvalue weighted by molar-refractivity contribution is 8.00. The molecule has 24 nitrogen and oxygen atoms in total. The van der Waals surface area contributed by atoms with Crippen molar-refractivity contribution >= 4 is 95.6 Å². The van der Waals surface area contributed by atoms with Crippen LogP contribution >= 0.6 is 37.0 Å². The van der Waals surface area contributed by atoms with E-state index in [0.29, 0.717) is 154 Å². The van der Waals surface area contributed by atoms with E-state index in [1.807, 2.05) is 27.7 Å². The van der Waals surface area contributed by atoms with Crippen LogP contribution in [0.2, 0.25) is 0 Å². The van der Waals surface area contributed by atoms with Crippen molar-refractivity contribution in [2.24, 2.45) is 35.1 Å². The number of hydrogen-bond acceptors (Lipinski definition) is 23. The minimum absolute atomic E-state index is 0. The molecule has 2 aliphatic carbocycles. The number of thioether (sulfide) groups is 1. The Kier molecular flexibility index (Phi) is 75.7. The fourth-order valence-corrected chi connectivity index (χ4v) is 12.7. The van der Waals surface area contributed by atoms with Gasteiger partial charge >= 0.3 is 0 Å². The summed E-state index contributed by atoms with van der Waals surface area (Å²) in [6.45, 7) is 21.5. The molecular formula is C77H144N10O14S3. The number of unbranched alkanes of at least 4 members (excludes halogenated alkanes) is 4. The van der Waals surface area contributed by atoms with Gasteiger partial charge in [0.2, 0.25) is 23.6 Å². The first-order chi connectivity index (χ1) is 50.0. The van der Waals surface area contributed by atoms with Crippen LogP contribution in [-0.2, 0) is 66.9 Å². The van der Waals surface area contributed by atoms with Crippen LogP contribution in [0.3, 0.4) is 0 Å². The Morgan fingerprint density at radius 1 is 0.500 bits per heavy atom.